The molecule has 0 saturated heterocycles. The third-order valence-corrected chi connectivity index (χ3v) is 2.86. The molecule has 1 atom stereocenters. The van der Waals surface area contributed by atoms with Crippen molar-refractivity contribution in [1.29, 1.82) is 0 Å². The molecule has 1 aliphatic carbocycles. The molecule has 1 aromatic heterocycles. The van der Waals surface area contributed by atoms with Gasteiger partial charge in [-0.2, -0.15) is 0 Å². The van der Waals surface area contributed by atoms with Crippen molar-refractivity contribution in [3.05, 3.63) is 27.4 Å². The summed E-state index contributed by atoms with van der Waals surface area (Å²) in [7, 11) is 0. The highest BCUT2D eigenvalue weighted by Gasteiger charge is 2.25. The second kappa shape index (κ2) is 5.40. The minimum atomic E-state index is -0.562. The van der Waals surface area contributed by atoms with Crippen molar-refractivity contribution in [3.63, 3.8) is 0 Å². The Hall–Kier alpha value is -1.89. The number of hydrogen-bond donors (Lipinski definition) is 2. The van der Waals surface area contributed by atoms with Crippen LogP contribution in [-0.2, 0) is 4.79 Å². The predicted molar refractivity (Wildman–Crippen MR) is 70.2 cm³/mol. The van der Waals surface area contributed by atoms with Gasteiger partial charge in [0.15, 0.2) is 0 Å². The van der Waals surface area contributed by atoms with Crippen LogP contribution in [0.3, 0.4) is 0 Å². The van der Waals surface area contributed by atoms with Crippen LogP contribution >= 0.6 is 11.6 Å². The fourth-order valence-electron chi connectivity index (χ4n) is 1.50. The summed E-state index contributed by atoms with van der Waals surface area (Å²) in [6, 6.07) is 2.12. The molecular weight excluding hydrogens is 272 g/mol. The van der Waals surface area contributed by atoms with Crippen LogP contribution in [0.4, 0.5) is 11.5 Å². The first-order valence-electron chi connectivity index (χ1n) is 5.84. The Morgan fingerprint density at radius 1 is 1.58 bits per heavy atom. The highest BCUT2D eigenvalue weighted by atomic mass is 35.5. The number of carbonyl (C=O) groups is 1. The number of aromatic nitrogens is 1. The summed E-state index contributed by atoms with van der Waals surface area (Å²) < 4.78 is 0. The lowest BCUT2D eigenvalue weighted by molar-refractivity contribution is -0.384. The lowest BCUT2D eigenvalue weighted by Gasteiger charge is -2.14. The molecule has 7 nitrogen and oxygen atoms in total. The van der Waals surface area contributed by atoms with Gasteiger partial charge in [-0.25, -0.2) is 4.98 Å². The molecule has 1 saturated carbocycles. The normalized spacial score (nSPS) is 15.7. The molecule has 1 aromatic rings. The molecule has 0 radical (unpaired) electrons. The van der Waals surface area contributed by atoms with E-state index in [9.17, 15) is 14.9 Å². The van der Waals surface area contributed by atoms with Gasteiger partial charge in [0.2, 0.25) is 5.91 Å². The lowest BCUT2D eigenvalue weighted by atomic mass is 10.3. The standard InChI is InChI=1S/C11H13ClN4O3/c1-6(11(17)14-7-2-3-7)13-10-5-8(16(18)19)4-9(12)15-10/h4-7H,2-3H2,1H3,(H,13,15)(H,14,17). The first-order valence-corrected chi connectivity index (χ1v) is 6.22. The van der Waals surface area contributed by atoms with Crippen LogP contribution in [0.15, 0.2) is 12.1 Å². The van der Waals surface area contributed by atoms with Crippen LogP contribution in [-0.4, -0.2) is 27.9 Å². The molecule has 19 heavy (non-hydrogen) atoms. The maximum absolute atomic E-state index is 11.7. The molecule has 0 aliphatic heterocycles. The minimum Gasteiger partial charge on any atom is -0.358 e. The van der Waals surface area contributed by atoms with Gasteiger partial charge in [-0.1, -0.05) is 11.6 Å². The zero-order valence-corrected chi connectivity index (χ0v) is 11.0. The average Bonchev–Trinajstić information content (AvgIpc) is 3.11. The Bertz CT molecular complexity index is 519. The van der Waals surface area contributed by atoms with E-state index < -0.39 is 11.0 Å². The summed E-state index contributed by atoms with van der Waals surface area (Å²) in [6.45, 7) is 1.66. The number of nitro groups is 1. The average molecular weight is 285 g/mol. The van der Waals surface area contributed by atoms with Crippen molar-refractivity contribution in [2.75, 3.05) is 5.32 Å². The molecule has 1 fully saturated rings. The van der Waals surface area contributed by atoms with Gasteiger partial charge in [0.25, 0.3) is 5.69 Å². The van der Waals surface area contributed by atoms with E-state index in [4.69, 9.17) is 11.6 Å². The zero-order valence-electron chi connectivity index (χ0n) is 10.2. The first-order chi connectivity index (χ1) is 8.95. The number of halogens is 1. The lowest BCUT2D eigenvalue weighted by Crippen LogP contribution is -2.38. The van der Waals surface area contributed by atoms with Gasteiger partial charge in [-0.15, -0.1) is 0 Å². The van der Waals surface area contributed by atoms with Crippen LogP contribution in [0.2, 0.25) is 5.15 Å². The van der Waals surface area contributed by atoms with E-state index in [1.165, 1.54) is 6.07 Å². The van der Waals surface area contributed by atoms with Gasteiger partial charge < -0.3 is 10.6 Å². The van der Waals surface area contributed by atoms with Crippen LogP contribution in [0.25, 0.3) is 0 Å². The summed E-state index contributed by atoms with van der Waals surface area (Å²) in [5.41, 5.74) is -0.169. The largest absolute Gasteiger partial charge is 0.358 e. The number of hydrogen-bond acceptors (Lipinski definition) is 5. The Labute approximate surface area is 114 Å². The van der Waals surface area contributed by atoms with Crippen molar-refractivity contribution in [3.8, 4) is 0 Å². The summed E-state index contributed by atoms with van der Waals surface area (Å²) in [5, 5.41) is 16.3. The monoisotopic (exact) mass is 284 g/mol. The van der Waals surface area contributed by atoms with Crippen molar-refractivity contribution in [1.82, 2.24) is 10.3 Å². The summed E-state index contributed by atoms with van der Waals surface area (Å²) >= 11 is 5.70. The molecule has 1 amide bonds. The van der Waals surface area contributed by atoms with Crippen molar-refractivity contribution in [2.24, 2.45) is 0 Å². The number of nitrogens with one attached hydrogen (secondary N) is 2. The molecule has 0 bridgehead atoms. The quantitative estimate of drug-likeness (QED) is 0.487. The third kappa shape index (κ3) is 3.78. The fraction of sp³-hybridized carbons (Fsp3) is 0.455. The van der Waals surface area contributed by atoms with Crippen LogP contribution in [0.5, 0.6) is 0 Å². The van der Waals surface area contributed by atoms with Crippen molar-refractivity contribution >= 4 is 29.0 Å². The van der Waals surface area contributed by atoms with Crippen molar-refractivity contribution in [2.45, 2.75) is 31.8 Å². The van der Waals surface area contributed by atoms with E-state index in [1.54, 1.807) is 6.92 Å². The van der Waals surface area contributed by atoms with E-state index in [2.05, 4.69) is 15.6 Å². The predicted octanol–water partition coefficient (Wildman–Crippen LogP) is 1.72. The second-order valence-corrected chi connectivity index (χ2v) is 4.83. The highest BCUT2D eigenvalue weighted by Crippen LogP contribution is 2.21. The minimum absolute atomic E-state index is 0.00602. The van der Waals surface area contributed by atoms with Crippen molar-refractivity contribution < 1.29 is 9.72 Å². The number of anilines is 1. The first kappa shape index (κ1) is 13.5. The summed E-state index contributed by atoms with van der Waals surface area (Å²) in [4.78, 5) is 25.8. The number of nitrogens with zero attached hydrogens (tertiary/aromatic N) is 2. The molecule has 1 aliphatic rings. The maximum Gasteiger partial charge on any atom is 0.276 e. The van der Waals surface area contributed by atoms with Gasteiger partial charge in [-0.3, -0.25) is 14.9 Å². The fourth-order valence-corrected chi connectivity index (χ4v) is 1.71. The Morgan fingerprint density at radius 2 is 2.26 bits per heavy atom. The number of amides is 1. The number of pyridine rings is 1. The number of carbonyl (C=O) groups excluding carboxylic acids is 1. The Morgan fingerprint density at radius 3 is 2.84 bits per heavy atom. The highest BCUT2D eigenvalue weighted by molar-refractivity contribution is 6.29. The van der Waals surface area contributed by atoms with E-state index in [0.717, 1.165) is 18.9 Å². The summed E-state index contributed by atoms with van der Waals surface area (Å²) in [6.07, 6.45) is 2.00. The van der Waals surface area contributed by atoms with E-state index in [1.807, 2.05) is 0 Å². The summed E-state index contributed by atoms with van der Waals surface area (Å²) in [5.74, 6) is 0.0459. The molecule has 8 heteroatoms. The molecule has 0 aromatic carbocycles. The zero-order chi connectivity index (χ0) is 14.0. The van der Waals surface area contributed by atoms with E-state index in [-0.39, 0.29) is 28.6 Å². The molecule has 2 rings (SSSR count). The van der Waals surface area contributed by atoms with E-state index in [0.29, 0.717) is 0 Å². The molecular formula is C11H13ClN4O3. The van der Waals surface area contributed by atoms with Crippen LogP contribution in [0, 0.1) is 10.1 Å². The second-order valence-electron chi connectivity index (χ2n) is 4.44. The van der Waals surface area contributed by atoms with Crippen LogP contribution in [0.1, 0.15) is 19.8 Å². The van der Waals surface area contributed by atoms with Gasteiger partial charge >= 0.3 is 0 Å². The van der Waals surface area contributed by atoms with Gasteiger partial charge in [0.1, 0.15) is 17.0 Å². The molecule has 2 N–H and O–H groups in total. The SMILES string of the molecule is CC(Nc1cc([N+](=O)[O-])cc(Cl)n1)C(=O)NC1CC1. The maximum atomic E-state index is 11.7. The smallest absolute Gasteiger partial charge is 0.276 e. The molecule has 0 spiro atoms. The van der Waals surface area contributed by atoms with E-state index >= 15 is 0 Å². The van der Waals surface area contributed by atoms with Gasteiger partial charge in [0, 0.05) is 6.04 Å². The Balaban J connectivity index is 2.04. The number of rotatable bonds is 5. The van der Waals surface area contributed by atoms with Crippen LogP contribution < -0.4 is 10.6 Å². The van der Waals surface area contributed by atoms with Gasteiger partial charge in [0.05, 0.1) is 17.1 Å². The molecule has 1 unspecified atom stereocenters. The topological polar surface area (TPSA) is 97.2 Å². The Kier molecular flexibility index (Phi) is 3.84. The molecule has 1 heterocycles. The van der Waals surface area contributed by atoms with Gasteiger partial charge in [-0.05, 0) is 19.8 Å². The molecule has 102 valence electrons. The third-order valence-electron chi connectivity index (χ3n) is 2.67.